The summed E-state index contributed by atoms with van der Waals surface area (Å²) in [6.07, 6.45) is 3.85. The van der Waals surface area contributed by atoms with Crippen LogP contribution in [0.2, 0.25) is 0 Å². The molecule has 1 aliphatic rings. The van der Waals surface area contributed by atoms with Gasteiger partial charge >= 0.3 is 0 Å². The summed E-state index contributed by atoms with van der Waals surface area (Å²) in [4.78, 5) is 2.51. The van der Waals surface area contributed by atoms with Crippen LogP contribution in [0.5, 0.6) is 0 Å². The Hall–Kier alpha value is -1.02. The van der Waals surface area contributed by atoms with Crippen molar-refractivity contribution in [1.82, 2.24) is 0 Å². The quantitative estimate of drug-likeness (QED) is 0.864. The number of nitrogens with zero attached hydrogens (tertiary/aromatic N) is 1. The average Bonchev–Trinajstić information content (AvgIpc) is 2.50. The average molecular weight is 247 g/mol. The van der Waals surface area contributed by atoms with E-state index in [9.17, 15) is 0 Å². The van der Waals surface area contributed by atoms with Gasteiger partial charge in [0.25, 0.3) is 0 Å². The van der Waals surface area contributed by atoms with Crippen molar-refractivity contribution in [3.05, 3.63) is 29.3 Å². The first-order valence-corrected chi connectivity index (χ1v) is 6.97. The molecule has 1 aromatic carbocycles. The van der Waals surface area contributed by atoms with Gasteiger partial charge in [-0.05, 0) is 48.8 Å². The topological polar surface area (TPSA) is 23.5 Å². The normalized spacial score (nSPS) is 19.7. The minimum Gasteiger partial charge on any atom is -0.392 e. The van der Waals surface area contributed by atoms with E-state index in [1.165, 1.54) is 30.5 Å². The van der Waals surface area contributed by atoms with Crippen molar-refractivity contribution in [2.24, 2.45) is 5.41 Å². The summed E-state index contributed by atoms with van der Waals surface area (Å²) in [6.45, 7) is 9.32. The van der Waals surface area contributed by atoms with E-state index in [0.29, 0.717) is 5.41 Å². The monoisotopic (exact) mass is 247 g/mol. The van der Waals surface area contributed by atoms with E-state index in [-0.39, 0.29) is 6.61 Å². The number of hydrogen-bond acceptors (Lipinski definition) is 2. The Bertz CT molecular complexity index is 412. The Morgan fingerprint density at radius 3 is 2.67 bits per heavy atom. The number of aryl methyl sites for hydroxylation is 1. The van der Waals surface area contributed by atoms with Crippen LogP contribution in [0, 0.1) is 12.3 Å². The lowest BCUT2D eigenvalue weighted by atomic mass is 9.85. The lowest BCUT2D eigenvalue weighted by Gasteiger charge is -2.26. The van der Waals surface area contributed by atoms with Gasteiger partial charge in [0.05, 0.1) is 6.61 Å². The van der Waals surface area contributed by atoms with Gasteiger partial charge in [-0.1, -0.05) is 26.0 Å². The molecule has 0 atom stereocenters. The first-order chi connectivity index (χ1) is 8.52. The van der Waals surface area contributed by atoms with Gasteiger partial charge in [0.15, 0.2) is 0 Å². The van der Waals surface area contributed by atoms with Crippen LogP contribution >= 0.6 is 0 Å². The fourth-order valence-corrected chi connectivity index (χ4v) is 2.83. The summed E-state index contributed by atoms with van der Waals surface area (Å²) in [6, 6.07) is 6.31. The SMILES string of the molecule is Cc1cc(CO)ccc1N1CCCC(C)(C)CC1. The minimum absolute atomic E-state index is 0.133. The first-order valence-electron chi connectivity index (χ1n) is 6.97. The molecule has 0 aliphatic carbocycles. The lowest BCUT2D eigenvalue weighted by molar-refractivity contribution is 0.282. The Morgan fingerprint density at radius 1 is 1.22 bits per heavy atom. The molecule has 100 valence electrons. The molecule has 18 heavy (non-hydrogen) atoms. The van der Waals surface area contributed by atoms with Gasteiger partial charge in [-0.15, -0.1) is 0 Å². The highest BCUT2D eigenvalue weighted by molar-refractivity contribution is 5.54. The van der Waals surface area contributed by atoms with Crippen molar-refractivity contribution in [2.45, 2.75) is 46.6 Å². The van der Waals surface area contributed by atoms with Crippen LogP contribution in [0.15, 0.2) is 18.2 Å². The second kappa shape index (κ2) is 5.31. The Morgan fingerprint density at radius 2 is 2.00 bits per heavy atom. The number of anilines is 1. The highest BCUT2D eigenvalue weighted by Gasteiger charge is 2.23. The van der Waals surface area contributed by atoms with Crippen LogP contribution in [-0.2, 0) is 6.61 Å². The van der Waals surface area contributed by atoms with E-state index >= 15 is 0 Å². The number of rotatable bonds is 2. The standard InChI is InChI=1S/C16H25NO/c1-13-11-14(12-18)5-6-15(13)17-9-4-7-16(2,3)8-10-17/h5-6,11,18H,4,7-10,12H2,1-3H3. The van der Waals surface area contributed by atoms with E-state index in [1.54, 1.807) is 0 Å². The van der Waals surface area contributed by atoms with E-state index in [1.807, 2.05) is 6.07 Å². The lowest BCUT2D eigenvalue weighted by Crippen LogP contribution is -2.25. The van der Waals surface area contributed by atoms with Gasteiger partial charge in [0.1, 0.15) is 0 Å². The number of hydrogen-bond donors (Lipinski definition) is 1. The van der Waals surface area contributed by atoms with Crippen molar-refractivity contribution < 1.29 is 5.11 Å². The number of benzene rings is 1. The van der Waals surface area contributed by atoms with Crippen LogP contribution in [0.25, 0.3) is 0 Å². The molecule has 2 rings (SSSR count). The molecule has 1 aromatic rings. The third-order valence-corrected chi connectivity index (χ3v) is 4.12. The smallest absolute Gasteiger partial charge is 0.0681 e. The van der Waals surface area contributed by atoms with E-state index in [2.05, 4.69) is 37.8 Å². The van der Waals surface area contributed by atoms with Gasteiger partial charge in [-0.2, -0.15) is 0 Å². The molecule has 0 bridgehead atoms. The molecule has 1 aliphatic heterocycles. The van der Waals surface area contributed by atoms with Crippen molar-refractivity contribution >= 4 is 5.69 Å². The largest absolute Gasteiger partial charge is 0.392 e. The molecular weight excluding hydrogens is 222 g/mol. The molecule has 0 amide bonds. The predicted octanol–water partition coefficient (Wildman–Crippen LogP) is 3.50. The molecule has 0 saturated carbocycles. The fourth-order valence-electron chi connectivity index (χ4n) is 2.83. The van der Waals surface area contributed by atoms with Crippen molar-refractivity contribution in [3.8, 4) is 0 Å². The summed E-state index contributed by atoms with van der Waals surface area (Å²) in [7, 11) is 0. The van der Waals surface area contributed by atoms with Crippen LogP contribution in [0.1, 0.15) is 44.2 Å². The molecule has 1 fully saturated rings. The predicted molar refractivity (Wildman–Crippen MR) is 76.9 cm³/mol. The molecule has 0 aromatic heterocycles. The van der Waals surface area contributed by atoms with Gasteiger partial charge in [0, 0.05) is 18.8 Å². The van der Waals surface area contributed by atoms with Crippen LogP contribution in [-0.4, -0.2) is 18.2 Å². The summed E-state index contributed by atoms with van der Waals surface area (Å²) >= 11 is 0. The highest BCUT2D eigenvalue weighted by atomic mass is 16.3. The molecule has 1 N–H and O–H groups in total. The van der Waals surface area contributed by atoms with E-state index in [0.717, 1.165) is 18.7 Å². The fraction of sp³-hybridized carbons (Fsp3) is 0.625. The van der Waals surface area contributed by atoms with E-state index in [4.69, 9.17) is 5.11 Å². The number of aliphatic hydroxyl groups is 1. The minimum atomic E-state index is 0.133. The van der Waals surface area contributed by atoms with Crippen LogP contribution in [0.4, 0.5) is 5.69 Å². The summed E-state index contributed by atoms with van der Waals surface area (Å²) in [5, 5.41) is 9.16. The molecule has 0 radical (unpaired) electrons. The molecule has 0 spiro atoms. The maximum atomic E-state index is 9.16. The maximum Gasteiger partial charge on any atom is 0.0681 e. The van der Waals surface area contributed by atoms with Crippen molar-refractivity contribution in [1.29, 1.82) is 0 Å². The van der Waals surface area contributed by atoms with Gasteiger partial charge in [-0.25, -0.2) is 0 Å². The molecule has 1 heterocycles. The Balaban J connectivity index is 2.16. The molecule has 2 heteroatoms. The number of aliphatic hydroxyl groups excluding tert-OH is 1. The molecule has 2 nitrogen and oxygen atoms in total. The zero-order chi connectivity index (χ0) is 13.2. The van der Waals surface area contributed by atoms with E-state index < -0.39 is 0 Å². The third kappa shape index (κ3) is 3.05. The van der Waals surface area contributed by atoms with Gasteiger partial charge in [0.2, 0.25) is 0 Å². The first kappa shape index (κ1) is 13.4. The third-order valence-electron chi connectivity index (χ3n) is 4.12. The highest BCUT2D eigenvalue weighted by Crippen LogP contribution is 2.32. The van der Waals surface area contributed by atoms with Gasteiger partial charge in [-0.3, -0.25) is 0 Å². The van der Waals surface area contributed by atoms with Crippen molar-refractivity contribution in [2.75, 3.05) is 18.0 Å². The maximum absolute atomic E-state index is 9.16. The summed E-state index contributed by atoms with van der Waals surface area (Å²) < 4.78 is 0. The zero-order valence-electron chi connectivity index (χ0n) is 11.9. The summed E-state index contributed by atoms with van der Waals surface area (Å²) in [5.74, 6) is 0. The van der Waals surface area contributed by atoms with Crippen LogP contribution < -0.4 is 4.90 Å². The zero-order valence-corrected chi connectivity index (χ0v) is 11.9. The molecule has 0 unspecified atom stereocenters. The Kier molecular flexibility index (Phi) is 3.96. The second-order valence-corrected chi connectivity index (χ2v) is 6.28. The van der Waals surface area contributed by atoms with Gasteiger partial charge < -0.3 is 10.0 Å². The Labute approximate surface area is 111 Å². The van der Waals surface area contributed by atoms with Crippen LogP contribution in [0.3, 0.4) is 0 Å². The second-order valence-electron chi connectivity index (χ2n) is 6.28. The molecular formula is C16H25NO. The van der Waals surface area contributed by atoms with Crippen molar-refractivity contribution in [3.63, 3.8) is 0 Å². The molecule has 1 saturated heterocycles. The summed E-state index contributed by atoms with van der Waals surface area (Å²) in [5.41, 5.74) is 4.10.